The number of ether oxygens (including phenoxy) is 1. The van der Waals surface area contributed by atoms with E-state index in [0.717, 1.165) is 61.1 Å². The van der Waals surface area contributed by atoms with Gasteiger partial charge in [0.2, 0.25) is 5.91 Å². The topological polar surface area (TPSA) is 126 Å². The van der Waals surface area contributed by atoms with Crippen LogP contribution in [0.1, 0.15) is 55.5 Å². The van der Waals surface area contributed by atoms with Gasteiger partial charge < -0.3 is 20.5 Å². The van der Waals surface area contributed by atoms with Crippen LogP contribution in [-0.4, -0.2) is 57.7 Å². The normalized spacial score (nSPS) is 16.4. The van der Waals surface area contributed by atoms with Crippen molar-refractivity contribution in [3.63, 3.8) is 0 Å². The van der Waals surface area contributed by atoms with Gasteiger partial charge >= 0.3 is 5.97 Å². The van der Waals surface area contributed by atoms with Gasteiger partial charge in [0.15, 0.2) is 0 Å². The molecule has 194 valence electrons. The van der Waals surface area contributed by atoms with Crippen LogP contribution in [0.15, 0.2) is 42.7 Å². The molecule has 1 saturated carbocycles. The van der Waals surface area contributed by atoms with E-state index in [1.165, 1.54) is 11.9 Å². The second-order valence-corrected chi connectivity index (χ2v) is 9.88. The Labute approximate surface area is 216 Å². The summed E-state index contributed by atoms with van der Waals surface area (Å²) in [5, 5.41) is 16.6. The summed E-state index contributed by atoms with van der Waals surface area (Å²) in [6.07, 6.45) is 7.87. The molecule has 1 fully saturated rings. The predicted octanol–water partition coefficient (Wildman–Crippen LogP) is 3.41. The summed E-state index contributed by atoms with van der Waals surface area (Å²) in [5.74, 6) is -0.342. The number of hydrogen-bond acceptors (Lipinski definition) is 7. The van der Waals surface area contributed by atoms with Gasteiger partial charge in [-0.1, -0.05) is 24.3 Å². The van der Waals surface area contributed by atoms with Gasteiger partial charge in [-0.15, -0.1) is 0 Å². The molecule has 1 unspecified atom stereocenters. The molecule has 1 aliphatic carbocycles. The minimum absolute atomic E-state index is 0.208. The first-order valence-corrected chi connectivity index (χ1v) is 13.1. The summed E-state index contributed by atoms with van der Waals surface area (Å²) in [6.45, 7) is 1.79. The number of rotatable bonds is 12. The number of aromatic nitrogens is 3. The molecule has 1 aliphatic heterocycles. The Balaban J connectivity index is 1.07. The zero-order chi connectivity index (χ0) is 25.7. The second-order valence-electron chi connectivity index (χ2n) is 9.88. The Morgan fingerprint density at radius 1 is 1.11 bits per heavy atom. The Morgan fingerprint density at radius 2 is 1.97 bits per heavy atom. The lowest BCUT2D eigenvalue weighted by atomic mass is 9.96. The summed E-state index contributed by atoms with van der Waals surface area (Å²) in [6, 6.07) is 10.8. The number of carboxylic acid groups (broad SMARTS) is 1. The SMILES string of the molecule is O=C(O)C(CCOCCCCc1ccc2c(n1)NCCC2)NC(=O)C1(c2ncnc3ccccc23)CC1. The number of pyridine rings is 1. The zero-order valence-corrected chi connectivity index (χ0v) is 20.9. The van der Waals surface area contributed by atoms with Gasteiger partial charge in [0, 0.05) is 37.3 Å². The van der Waals surface area contributed by atoms with Gasteiger partial charge in [-0.2, -0.15) is 0 Å². The van der Waals surface area contributed by atoms with Crippen LogP contribution in [0.5, 0.6) is 0 Å². The Hall–Kier alpha value is -3.59. The van der Waals surface area contributed by atoms with Crippen molar-refractivity contribution in [3.05, 3.63) is 59.7 Å². The Bertz CT molecular complexity index is 1270. The largest absolute Gasteiger partial charge is 0.480 e. The lowest BCUT2D eigenvalue weighted by Crippen LogP contribution is -2.46. The van der Waals surface area contributed by atoms with E-state index in [1.54, 1.807) is 0 Å². The summed E-state index contributed by atoms with van der Waals surface area (Å²) in [5.41, 5.74) is 3.01. The number of aliphatic carboxylic acids is 1. The van der Waals surface area contributed by atoms with E-state index in [-0.39, 0.29) is 18.9 Å². The van der Waals surface area contributed by atoms with Gasteiger partial charge in [-0.25, -0.2) is 19.7 Å². The molecule has 3 aromatic rings. The van der Waals surface area contributed by atoms with Crippen LogP contribution in [0.4, 0.5) is 5.82 Å². The third-order valence-electron chi connectivity index (χ3n) is 7.26. The third-order valence-corrected chi connectivity index (χ3v) is 7.26. The molecule has 0 bridgehead atoms. The monoisotopic (exact) mass is 503 g/mol. The van der Waals surface area contributed by atoms with Crippen molar-refractivity contribution in [1.29, 1.82) is 0 Å². The minimum atomic E-state index is -1.06. The van der Waals surface area contributed by atoms with Crippen LogP contribution in [0.25, 0.3) is 10.9 Å². The molecular formula is C28H33N5O4. The quantitative estimate of drug-likeness (QED) is 0.321. The van der Waals surface area contributed by atoms with E-state index < -0.39 is 17.4 Å². The minimum Gasteiger partial charge on any atom is -0.480 e. The fourth-order valence-corrected chi connectivity index (χ4v) is 4.96. The van der Waals surface area contributed by atoms with E-state index in [4.69, 9.17) is 9.72 Å². The van der Waals surface area contributed by atoms with Crippen molar-refractivity contribution in [3.8, 4) is 0 Å². The molecule has 1 amide bonds. The Morgan fingerprint density at radius 3 is 2.81 bits per heavy atom. The number of carbonyl (C=O) groups is 2. The molecule has 1 atom stereocenters. The first kappa shape index (κ1) is 25.1. The number of aryl methyl sites for hydroxylation is 2. The van der Waals surface area contributed by atoms with Crippen LogP contribution in [-0.2, 0) is 32.6 Å². The molecule has 0 saturated heterocycles. The summed E-state index contributed by atoms with van der Waals surface area (Å²) in [4.78, 5) is 38.4. The standard InChI is InChI=1S/C28H33N5O4/c34-26(35)23(12-17-37-16-4-3-7-20-11-10-19-6-5-15-29-25(19)32-20)33-27(36)28(13-14-28)24-21-8-1-2-9-22(21)30-18-31-24/h1-2,8-11,18,23H,3-7,12-17H2,(H,29,32)(H,33,36)(H,34,35). The summed E-state index contributed by atoms with van der Waals surface area (Å²) in [7, 11) is 0. The van der Waals surface area contributed by atoms with E-state index in [0.29, 0.717) is 25.1 Å². The highest BCUT2D eigenvalue weighted by molar-refractivity contribution is 5.97. The van der Waals surface area contributed by atoms with Crippen LogP contribution in [0.3, 0.4) is 0 Å². The van der Waals surface area contributed by atoms with Gasteiger partial charge in [0.25, 0.3) is 0 Å². The number of fused-ring (bicyclic) bond motifs is 2. The van der Waals surface area contributed by atoms with Crippen molar-refractivity contribution in [1.82, 2.24) is 20.3 Å². The third kappa shape index (κ3) is 5.72. The van der Waals surface area contributed by atoms with Crippen molar-refractivity contribution in [2.75, 3.05) is 25.1 Å². The Kier molecular flexibility index (Phi) is 7.60. The van der Waals surface area contributed by atoms with Crippen LogP contribution < -0.4 is 10.6 Å². The molecule has 5 rings (SSSR count). The maximum absolute atomic E-state index is 13.2. The van der Waals surface area contributed by atoms with Gasteiger partial charge in [0.05, 0.1) is 16.6 Å². The number of amides is 1. The number of carbonyl (C=O) groups excluding carboxylic acids is 1. The summed E-state index contributed by atoms with van der Waals surface area (Å²) >= 11 is 0. The number of hydrogen-bond donors (Lipinski definition) is 3. The molecule has 3 heterocycles. The molecule has 2 aliphatic rings. The van der Waals surface area contributed by atoms with Crippen molar-refractivity contribution < 1.29 is 19.4 Å². The number of nitrogens with one attached hydrogen (secondary N) is 2. The van der Waals surface area contributed by atoms with Gasteiger partial charge in [-0.05, 0) is 62.6 Å². The van der Waals surface area contributed by atoms with Crippen LogP contribution in [0, 0.1) is 0 Å². The van der Waals surface area contributed by atoms with E-state index >= 15 is 0 Å². The van der Waals surface area contributed by atoms with Crippen molar-refractivity contribution in [2.24, 2.45) is 0 Å². The maximum atomic E-state index is 13.2. The number of unbranched alkanes of at least 4 members (excludes halogenated alkanes) is 1. The number of para-hydroxylation sites is 1. The second kappa shape index (κ2) is 11.2. The molecule has 2 aromatic heterocycles. The average Bonchev–Trinajstić information content (AvgIpc) is 3.73. The average molecular weight is 504 g/mol. The number of nitrogens with zero attached hydrogens (tertiary/aromatic N) is 3. The lowest BCUT2D eigenvalue weighted by molar-refractivity contribution is -0.142. The zero-order valence-electron chi connectivity index (χ0n) is 20.9. The van der Waals surface area contributed by atoms with Crippen molar-refractivity contribution >= 4 is 28.6 Å². The van der Waals surface area contributed by atoms with E-state index in [1.807, 2.05) is 24.3 Å². The molecule has 3 N–H and O–H groups in total. The van der Waals surface area contributed by atoms with Crippen LogP contribution in [0.2, 0.25) is 0 Å². The van der Waals surface area contributed by atoms with E-state index in [9.17, 15) is 14.7 Å². The maximum Gasteiger partial charge on any atom is 0.326 e. The van der Waals surface area contributed by atoms with Gasteiger partial charge in [-0.3, -0.25) is 4.79 Å². The summed E-state index contributed by atoms with van der Waals surface area (Å²) < 4.78 is 5.70. The number of benzene rings is 1. The highest BCUT2D eigenvalue weighted by atomic mass is 16.5. The number of carboxylic acids is 1. The molecule has 9 nitrogen and oxygen atoms in total. The fourth-order valence-electron chi connectivity index (χ4n) is 4.96. The highest BCUT2D eigenvalue weighted by Gasteiger charge is 2.54. The molecule has 0 spiro atoms. The molecule has 1 aromatic carbocycles. The fraction of sp³-hybridized carbons (Fsp3) is 0.464. The molecule has 9 heteroatoms. The van der Waals surface area contributed by atoms with Crippen LogP contribution >= 0.6 is 0 Å². The highest BCUT2D eigenvalue weighted by Crippen LogP contribution is 2.49. The first-order valence-electron chi connectivity index (χ1n) is 13.1. The first-order chi connectivity index (χ1) is 18.1. The smallest absolute Gasteiger partial charge is 0.326 e. The number of anilines is 1. The van der Waals surface area contributed by atoms with Crippen molar-refractivity contribution in [2.45, 2.75) is 62.8 Å². The van der Waals surface area contributed by atoms with E-state index in [2.05, 4.69) is 32.7 Å². The van der Waals surface area contributed by atoms with Gasteiger partial charge in [0.1, 0.15) is 18.2 Å². The molecular weight excluding hydrogens is 470 g/mol. The predicted molar refractivity (Wildman–Crippen MR) is 139 cm³/mol. The molecule has 0 radical (unpaired) electrons. The molecule has 37 heavy (non-hydrogen) atoms. The lowest BCUT2D eigenvalue weighted by Gasteiger charge is -2.20.